The van der Waals surface area contributed by atoms with E-state index in [1.165, 1.54) is 23.0 Å². The van der Waals surface area contributed by atoms with Crippen molar-refractivity contribution in [3.63, 3.8) is 0 Å². The van der Waals surface area contributed by atoms with Crippen LogP contribution in [0.3, 0.4) is 0 Å². The van der Waals surface area contributed by atoms with E-state index in [9.17, 15) is 13.6 Å². The smallest absolute Gasteiger partial charge is 0.276 e. The molecule has 1 amide bonds. The molecule has 0 aliphatic rings. The quantitative estimate of drug-likeness (QED) is 0.784. The Labute approximate surface area is 147 Å². The minimum Gasteiger partial charge on any atom is -0.316 e. The summed E-state index contributed by atoms with van der Waals surface area (Å²) in [5.74, 6) is -2.49. The van der Waals surface area contributed by atoms with Crippen molar-refractivity contribution < 1.29 is 13.6 Å². The van der Waals surface area contributed by atoms with Crippen LogP contribution in [0.2, 0.25) is 0 Å². The SMILES string of the molecule is Cc1cc(C#N)ncc1-c1cc(C(=O)Nc2c(F)cccc2F)nn1C. The van der Waals surface area contributed by atoms with Crippen molar-refractivity contribution in [3.8, 4) is 17.3 Å². The zero-order valence-electron chi connectivity index (χ0n) is 13.9. The molecule has 3 aromatic rings. The van der Waals surface area contributed by atoms with E-state index in [1.807, 2.05) is 6.07 Å². The van der Waals surface area contributed by atoms with E-state index >= 15 is 0 Å². The van der Waals surface area contributed by atoms with Gasteiger partial charge in [0, 0.05) is 18.8 Å². The highest BCUT2D eigenvalue weighted by molar-refractivity contribution is 6.03. The number of hydrogen-bond donors (Lipinski definition) is 1. The highest BCUT2D eigenvalue weighted by Gasteiger charge is 2.18. The normalized spacial score (nSPS) is 10.4. The third-order valence-corrected chi connectivity index (χ3v) is 3.82. The van der Waals surface area contributed by atoms with Crippen LogP contribution in [0.1, 0.15) is 21.7 Å². The highest BCUT2D eigenvalue weighted by Crippen LogP contribution is 2.24. The number of nitriles is 1. The Kier molecular flexibility index (Phi) is 4.45. The lowest BCUT2D eigenvalue weighted by Crippen LogP contribution is -2.15. The van der Waals surface area contributed by atoms with Gasteiger partial charge in [-0.1, -0.05) is 6.07 Å². The van der Waals surface area contributed by atoms with Gasteiger partial charge in [-0.05, 0) is 36.8 Å². The zero-order valence-corrected chi connectivity index (χ0v) is 13.9. The first-order valence-corrected chi connectivity index (χ1v) is 7.57. The van der Waals surface area contributed by atoms with Gasteiger partial charge >= 0.3 is 0 Å². The molecule has 0 atom stereocenters. The van der Waals surface area contributed by atoms with E-state index in [0.29, 0.717) is 11.3 Å². The molecule has 3 rings (SSSR count). The first kappa shape index (κ1) is 17.2. The van der Waals surface area contributed by atoms with Gasteiger partial charge in [0.05, 0.1) is 5.69 Å². The summed E-state index contributed by atoms with van der Waals surface area (Å²) in [6.07, 6.45) is 1.52. The van der Waals surface area contributed by atoms with Crippen LogP contribution in [0.25, 0.3) is 11.3 Å². The number of aromatic nitrogens is 3. The van der Waals surface area contributed by atoms with Crippen molar-refractivity contribution in [1.29, 1.82) is 5.26 Å². The fourth-order valence-corrected chi connectivity index (χ4v) is 2.51. The van der Waals surface area contributed by atoms with Crippen LogP contribution in [0.5, 0.6) is 0 Å². The molecule has 1 aromatic carbocycles. The molecule has 0 radical (unpaired) electrons. The summed E-state index contributed by atoms with van der Waals surface area (Å²) in [5.41, 5.74) is 1.80. The number of carbonyl (C=O) groups excluding carboxylic acids is 1. The molecular weight excluding hydrogens is 340 g/mol. The van der Waals surface area contributed by atoms with Crippen LogP contribution in [0.15, 0.2) is 36.5 Å². The van der Waals surface area contributed by atoms with Crippen molar-refractivity contribution in [2.75, 3.05) is 5.32 Å². The summed E-state index contributed by atoms with van der Waals surface area (Å²) in [6, 6.07) is 8.37. The number of pyridine rings is 1. The Morgan fingerprint density at radius 1 is 1.27 bits per heavy atom. The predicted octanol–water partition coefficient (Wildman–Crippen LogP) is 3.19. The second kappa shape index (κ2) is 6.72. The molecule has 6 nitrogen and oxygen atoms in total. The number of para-hydroxylation sites is 1. The molecule has 130 valence electrons. The third-order valence-electron chi connectivity index (χ3n) is 3.82. The Hall–Kier alpha value is -3.60. The van der Waals surface area contributed by atoms with Crippen LogP contribution in [-0.2, 0) is 7.05 Å². The summed E-state index contributed by atoms with van der Waals surface area (Å²) in [5, 5.41) is 15.2. The number of carbonyl (C=O) groups is 1. The fraction of sp³-hybridized carbons (Fsp3) is 0.111. The number of halogens is 2. The van der Waals surface area contributed by atoms with Crippen LogP contribution in [-0.4, -0.2) is 20.7 Å². The number of benzene rings is 1. The van der Waals surface area contributed by atoms with Crippen molar-refractivity contribution in [2.24, 2.45) is 7.05 Å². The molecule has 0 aliphatic heterocycles. The molecule has 0 bridgehead atoms. The van der Waals surface area contributed by atoms with Crippen molar-refractivity contribution in [1.82, 2.24) is 14.8 Å². The molecule has 0 aliphatic carbocycles. The van der Waals surface area contributed by atoms with Gasteiger partial charge in [0.2, 0.25) is 0 Å². The molecule has 0 saturated carbocycles. The summed E-state index contributed by atoms with van der Waals surface area (Å²) in [4.78, 5) is 16.3. The van der Waals surface area contributed by atoms with E-state index in [4.69, 9.17) is 5.26 Å². The Morgan fingerprint density at radius 3 is 2.58 bits per heavy atom. The summed E-state index contributed by atoms with van der Waals surface area (Å²) in [7, 11) is 1.63. The lowest BCUT2D eigenvalue weighted by Gasteiger charge is -2.05. The molecule has 0 unspecified atom stereocenters. The minimum absolute atomic E-state index is 0.00564. The van der Waals surface area contributed by atoms with Gasteiger partial charge in [0.1, 0.15) is 29.1 Å². The number of aryl methyl sites for hydroxylation is 2. The van der Waals surface area contributed by atoms with Gasteiger partial charge in [0.25, 0.3) is 5.91 Å². The second-order valence-electron chi connectivity index (χ2n) is 5.59. The number of nitrogens with one attached hydrogen (secondary N) is 1. The Morgan fingerprint density at radius 2 is 1.96 bits per heavy atom. The van der Waals surface area contributed by atoms with E-state index in [0.717, 1.165) is 17.7 Å². The first-order valence-electron chi connectivity index (χ1n) is 7.57. The molecule has 0 spiro atoms. The van der Waals surface area contributed by atoms with Gasteiger partial charge in [-0.3, -0.25) is 9.48 Å². The summed E-state index contributed by atoms with van der Waals surface area (Å²) >= 11 is 0. The standard InChI is InChI=1S/C18H13F2N5O/c1-10-6-11(8-21)22-9-12(10)16-7-15(24-25(16)2)18(26)23-17-13(19)4-3-5-14(17)20/h3-7,9H,1-2H3,(H,23,26). The number of amides is 1. The van der Waals surface area contributed by atoms with Crippen molar-refractivity contribution in [3.05, 3.63) is 65.1 Å². The van der Waals surface area contributed by atoms with E-state index < -0.39 is 23.2 Å². The molecule has 26 heavy (non-hydrogen) atoms. The van der Waals surface area contributed by atoms with Gasteiger partial charge < -0.3 is 5.32 Å². The summed E-state index contributed by atoms with van der Waals surface area (Å²) in [6.45, 7) is 1.80. The van der Waals surface area contributed by atoms with Gasteiger partial charge in [-0.15, -0.1) is 0 Å². The maximum Gasteiger partial charge on any atom is 0.276 e. The second-order valence-corrected chi connectivity index (χ2v) is 5.59. The van der Waals surface area contributed by atoms with Crippen molar-refractivity contribution in [2.45, 2.75) is 6.92 Å². The Balaban J connectivity index is 1.93. The monoisotopic (exact) mass is 353 g/mol. The Bertz CT molecular complexity index is 1030. The van der Waals surface area contributed by atoms with E-state index in [-0.39, 0.29) is 11.4 Å². The van der Waals surface area contributed by atoms with E-state index in [1.54, 1.807) is 20.0 Å². The summed E-state index contributed by atoms with van der Waals surface area (Å²) < 4.78 is 28.8. The average Bonchev–Trinajstić information content (AvgIpc) is 2.99. The molecule has 2 aromatic heterocycles. The average molecular weight is 353 g/mol. The molecular formula is C18H13F2N5O. The topological polar surface area (TPSA) is 83.6 Å². The number of hydrogen-bond acceptors (Lipinski definition) is 4. The number of rotatable bonds is 3. The molecule has 2 heterocycles. The van der Waals surface area contributed by atoms with Crippen molar-refractivity contribution >= 4 is 11.6 Å². The zero-order chi connectivity index (χ0) is 18.8. The minimum atomic E-state index is -0.873. The predicted molar refractivity (Wildman–Crippen MR) is 90.2 cm³/mol. The molecule has 0 fully saturated rings. The molecule has 0 saturated heterocycles. The number of nitrogens with zero attached hydrogens (tertiary/aromatic N) is 4. The fourth-order valence-electron chi connectivity index (χ4n) is 2.51. The van der Waals surface area contributed by atoms with Crippen LogP contribution in [0, 0.1) is 29.9 Å². The third kappa shape index (κ3) is 3.15. The lowest BCUT2D eigenvalue weighted by molar-refractivity contribution is 0.102. The maximum absolute atomic E-state index is 13.7. The lowest BCUT2D eigenvalue weighted by atomic mass is 10.1. The van der Waals surface area contributed by atoms with Crippen LogP contribution >= 0.6 is 0 Å². The maximum atomic E-state index is 13.7. The largest absolute Gasteiger partial charge is 0.316 e. The van der Waals surface area contributed by atoms with Crippen LogP contribution < -0.4 is 5.32 Å². The van der Waals surface area contributed by atoms with Crippen LogP contribution in [0.4, 0.5) is 14.5 Å². The molecule has 1 N–H and O–H groups in total. The van der Waals surface area contributed by atoms with Gasteiger partial charge in [-0.2, -0.15) is 10.4 Å². The van der Waals surface area contributed by atoms with E-state index in [2.05, 4.69) is 15.4 Å². The number of anilines is 1. The van der Waals surface area contributed by atoms with Gasteiger partial charge in [-0.25, -0.2) is 13.8 Å². The highest BCUT2D eigenvalue weighted by atomic mass is 19.1. The molecule has 8 heteroatoms. The first-order chi connectivity index (χ1) is 12.4. The van der Waals surface area contributed by atoms with Gasteiger partial charge in [0.15, 0.2) is 5.69 Å².